The fraction of sp³-hybridized carbons (Fsp3) is 0.600. The van der Waals surface area contributed by atoms with Gasteiger partial charge in [-0.2, -0.15) is 0 Å². The number of thiazole rings is 1. The number of hydrogen-bond donors (Lipinski definition) is 1. The molecule has 1 aromatic carbocycles. The van der Waals surface area contributed by atoms with Gasteiger partial charge in [-0.15, -0.1) is 11.3 Å². The number of morpholine rings is 1. The predicted octanol–water partition coefficient (Wildman–Crippen LogP) is 6.50. The molecule has 31 heavy (non-hydrogen) atoms. The molecule has 2 aromatic rings. The summed E-state index contributed by atoms with van der Waals surface area (Å²) in [5.41, 5.74) is 2.90. The van der Waals surface area contributed by atoms with Gasteiger partial charge in [0, 0.05) is 36.1 Å². The number of anilines is 2. The first-order valence-corrected chi connectivity index (χ1v) is 12.7. The number of amides is 1. The van der Waals surface area contributed by atoms with Crippen LogP contribution >= 0.6 is 11.3 Å². The van der Waals surface area contributed by atoms with Gasteiger partial charge in [0.1, 0.15) is 0 Å². The minimum Gasteiger partial charge on any atom is -0.372 e. The molecule has 6 heteroatoms. The van der Waals surface area contributed by atoms with Crippen LogP contribution in [0.2, 0.25) is 0 Å². The van der Waals surface area contributed by atoms with E-state index < -0.39 is 0 Å². The molecular formula is C25H37N3O2S. The molecule has 1 N–H and O–H groups in total. The molecule has 1 aliphatic rings. The molecule has 0 aliphatic carbocycles. The monoisotopic (exact) mass is 443 g/mol. The number of aromatic nitrogens is 1. The number of rotatable bonds is 11. The fourth-order valence-electron chi connectivity index (χ4n) is 4.07. The number of hydrogen-bond acceptors (Lipinski definition) is 5. The molecule has 1 aliphatic heterocycles. The van der Waals surface area contributed by atoms with Gasteiger partial charge in [-0.25, -0.2) is 4.98 Å². The summed E-state index contributed by atoms with van der Waals surface area (Å²) in [5.74, 6) is 0.104. The van der Waals surface area contributed by atoms with Crippen LogP contribution in [0.25, 0.3) is 11.3 Å². The van der Waals surface area contributed by atoms with Crippen molar-refractivity contribution in [2.24, 2.45) is 0 Å². The number of carbonyl (C=O) groups excluding carboxylic acids is 1. The van der Waals surface area contributed by atoms with Gasteiger partial charge in [-0.05, 0) is 32.4 Å². The number of carbonyl (C=O) groups is 1. The van der Waals surface area contributed by atoms with E-state index in [1.807, 2.05) is 24.3 Å². The minimum atomic E-state index is 0.104. The smallest absolute Gasteiger partial charge is 0.224 e. The van der Waals surface area contributed by atoms with E-state index in [1.54, 1.807) is 11.3 Å². The third kappa shape index (κ3) is 7.62. The number of nitrogens with one attached hydrogen (secondary N) is 1. The lowest BCUT2D eigenvalue weighted by atomic mass is 10.1. The van der Waals surface area contributed by atoms with Crippen molar-refractivity contribution in [3.8, 4) is 11.3 Å². The summed E-state index contributed by atoms with van der Waals surface area (Å²) >= 11 is 1.68. The Morgan fingerprint density at radius 3 is 2.39 bits per heavy atom. The van der Waals surface area contributed by atoms with Gasteiger partial charge in [0.05, 0.1) is 17.9 Å². The highest BCUT2D eigenvalue weighted by atomic mass is 32.1. The van der Waals surface area contributed by atoms with Crippen molar-refractivity contribution in [2.75, 3.05) is 23.3 Å². The predicted molar refractivity (Wildman–Crippen MR) is 131 cm³/mol. The molecule has 2 unspecified atom stereocenters. The maximum Gasteiger partial charge on any atom is 0.224 e. The zero-order chi connectivity index (χ0) is 22.1. The van der Waals surface area contributed by atoms with Gasteiger partial charge in [0.15, 0.2) is 5.13 Å². The van der Waals surface area contributed by atoms with Gasteiger partial charge in [0.25, 0.3) is 0 Å². The highest BCUT2D eigenvalue weighted by molar-refractivity contribution is 7.14. The van der Waals surface area contributed by atoms with Crippen molar-refractivity contribution in [1.29, 1.82) is 0 Å². The molecule has 0 spiro atoms. The van der Waals surface area contributed by atoms with Crippen LogP contribution in [0.3, 0.4) is 0 Å². The Bertz CT molecular complexity index is 795. The number of nitrogens with zero attached hydrogens (tertiary/aromatic N) is 2. The van der Waals surface area contributed by atoms with Gasteiger partial charge in [-0.1, -0.05) is 57.6 Å². The van der Waals surface area contributed by atoms with Crippen LogP contribution in [0.15, 0.2) is 29.6 Å². The fourth-order valence-corrected chi connectivity index (χ4v) is 4.92. The molecule has 3 rings (SSSR count). The van der Waals surface area contributed by atoms with Crippen molar-refractivity contribution in [1.82, 2.24) is 4.98 Å². The van der Waals surface area contributed by atoms with Crippen LogP contribution in [-0.2, 0) is 9.53 Å². The van der Waals surface area contributed by atoms with Crippen LogP contribution in [0.4, 0.5) is 10.8 Å². The van der Waals surface area contributed by atoms with Crippen LogP contribution in [0, 0.1) is 0 Å². The molecule has 1 amide bonds. The number of ether oxygens (including phenoxy) is 1. The van der Waals surface area contributed by atoms with E-state index in [0.717, 1.165) is 48.0 Å². The topological polar surface area (TPSA) is 54.5 Å². The Balaban J connectivity index is 1.45. The number of benzene rings is 1. The first-order valence-electron chi connectivity index (χ1n) is 11.8. The Morgan fingerprint density at radius 2 is 1.71 bits per heavy atom. The van der Waals surface area contributed by atoms with Gasteiger partial charge < -0.3 is 15.0 Å². The standard InChI is InChI=1S/C25H37N3O2S/c1-4-5-6-7-8-9-10-11-24(29)26-22-14-12-21(13-15-22)23-18-31-25(27-23)28-16-19(2)30-20(3)17-28/h12-15,18-20H,4-11,16-17H2,1-3H3,(H,26,29). The van der Waals surface area contributed by atoms with Crippen molar-refractivity contribution < 1.29 is 9.53 Å². The molecule has 5 nitrogen and oxygen atoms in total. The quantitative estimate of drug-likeness (QED) is 0.403. The van der Waals surface area contributed by atoms with Gasteiger partial charge in [0.2, 0.25) is 5.91 Å². The van der Waals surface area contributed by atoms with Crippen LogP contribution in [-0.4, -0.2) is 36.2 Å². The lowest BCUT2D eigenvalue weighted by Crippen LogP contribution is -2.45. The van der Waals surface area contributed by atoms with Crippen molar-refractivity contribution in [3.63, 3.8) is 0 Å². The van der Waals surface area contributed by atoms with E-state index in [9.17, 15) is 4.79 Å². The summed E-state index contributed by atoms with van der Waals surface area (Å²) in [5, 5.41) is 6.17. The molecule has 1 fully saturated rings. The maximum atomic E-state index is 12.2. The van der Waals surface area contributed by atoms with E-state index in [4.69, 9.17) is 9.72 Å². The summed E-state index contributed by atoms with van der Waals surface area (Å²) < 4.78 is 5.83. The van der Waals surface area contributed by atoms with E-state index in [0.29, 0.717) is 6.42 Å². The molecular weight excluding hydrogens is 406 g/mol. The second-order valence-corrected chi connectivity index (χ2v) is 9.51. The van der Waals surface area contributed by atoms with Crippen molar-refractivity contribution in [2.45, 2.75) is 84.3 Å². The second kappa shape index (κ2) is 12.2. The van der Waals surface area contributed by atoms with Crippen molar-refractivity contribution >= 4 is 28.1 Å². The zero-order valence-corrected chi connectivity index (χ0v) is 20.0. The van der Waals surface area contributed by atoms with Crippen molar-refractivity contribution in [3.05, 3.63) is 29.6 Å². The lowest BCUT2D eigenvalue weighted by Gasteiger charge is -2.35. The Hall–Kier alpha value is -1.92. The summed E-state index contributed by atoms with van der Waals surface area (Å²) in [6.07, 6.45) is 9.60. The molecule has 1 saturated heterocycles. The minimum absolute atomic E-state index is 0.104. The highest BCUT2D eigenvalue weighted by Crippen LogP contribution is 2.30. The second-order valence-electron chi connectivity index (χ2n) is 8.67. The average molecular weight is 444 g/mol. The SMILES string of the molecule is CCCCCCCCCC(=O)Nc1ccc(-c2csc(N3CC(C)OC(C)C3)n2)cc1. The lowest BCUT2D eigenvalue weighted by molar-refractivity contribution is -0.116. The Morgan fingerprint density at radius 1 is 1.06 bits per heavy atom. The molecule has 2 heterocycles. The summed E-state index contributed by atoms with van der Waals surface area (Å²) in [7, 11) is 0. The van der Waals surface area contributed by atoms with E-state index >= 15 is 0 Å². The summed E-state index contributed by atoms with van der Waals surface area (Å²) in [6, 6.07) is 8.01. The van der Waals surface area contributed by atoms with Crippen LogP contribution in [0.1, 0.15) is 72.1 Å². The van der Waals surface area contributed by atoms with Gasteiger partial charge in [-0.3, -0.25) is 4.79 Å². The molecule has 0 saturated carbocycles. The highest BCUT2D eigenvalue weighted by Gasteiger charge is 2.24. The Kier molecular flexibility index (Phi) is 9.34. The summed E-state index contributed by atoms with van der Waals surface area (Å²) in [4.78, 5) is 19.3. The third-order valence-electron chi connectivity index (χ3n) is 5.65. The van der Waals surface area contributed by atoms with Crippen LogP contribution in [0.5, 0.6) is 0 Å². The molecule has 170 valence electrons. The molecule has 0 bridgehead atoms. The molecule has 0 radical (unpaired) electrons. The maximum absolute atomic E-state index is 12.2. The van der Waals surface area contributed by atoms with E-state index in [1.165, 1.54) is 32.1 Å². The summed E-state index contributed by atoms with van der Waals surface area (Å²) in [6.45, 7) is 8.20. The normalized spacial score (nSPS) is 18.9. The molecule has 2 atom stereocenters. The third-order valence-corrected chi connectivity index (χ3v) is 6.56. The largest absolute Gasteiger partial charge is 0.372 e. The first-order chi connectivity index (χ1) is 15.0. The Labute approximate surface area is 191 Å². The molecule has 1 aromatic heterocycles. The zero-order valence-electron chi connectivity index (χ0n) is 19.2. The number of unbranched alkanes of at least 4 members (excludes halogenated alkanes) is 6. The van der Waals surface area contributed by atoms with Crippen LogP contribution < -0.4 is 10.2 Å². The first kappa shape index (κ1) is 23.7. The average Bonchev–Trinajstić information content (AvgIpc) is 3.23. The van der Waals surface area contributed by atoms with Gasteiger partial charge >= 0.3 is 0 Å². The van der Waals surface area contributed by atoms with E-state index in [-0.39, 0.29) is 18.1 Å². The van der Waals surface area contributed by atoms with E-state index in [2.05, 4.69) is 36.4 Å².